The maximum atomic E-state index is 5.48. The summed E-state index contributed by atoms with van der Waals surface area (Å²) in [5, 5.41) is 0.652. The van der Waals surface area contributed by atoms with Crippen LogP contribution in [-0.2, 0) is 4.74 Å². The minimum Gasteiger partial charge on any atom is -0.384 e. The van der Waals surface area contributed by atoms with Gasteiger partial charge < -0.3 is 10.5 Å². The maximum Gasteiger partial charge on any atom is 0.153 e. The Morgan fingerprint density at radius 3 is 2.90 bits per heavy atom. The number of hydrogen-bond donors (Lipinski definition) is 1. The smallest absolute Gasteiger partial charge is 0.153 e. The molecule has 0 saturated heterocycles. The van der Waals surface area contributed by atoms with Gasteiger partial charge in [0.15, 0.2) is 5.17 Å². The molecule has 0 unspecified atom stereocenters. The van der Waals surface area contributed by atoms with Gasteiger partial charge in [-0.05, 0) is 6.92 Å². The van der Waals surface area contributed by atoms with E-state index in [1.807, 2.05) is 6.92 Å². The highest BCUT2D eigenvalue weighted by Gasteiger charge is 1.90. The Morgan fingerprint density at radius 1 is 1.70 bits per heavy atom. The average Bonchev–Trinajstić information content (AvgIpc) is 1.89. The summed E-state index contributed by atoms with van der Waals surface area (Å²) in [6, 6.07) is 0. The second kappa shape index (κ2) is 6.89. The molecule has 0 fully saturated rings. The molecule has 10 heavy (non-hydrogen) atoms. The van der Waals surface area contributed by atoms with Crippen LogP contribution in [0, 0.1) is 0 Å². The topological polar surface area (TPSA) is 47.6 Å². The monoisotopic (exact) mass is 162 g/mol. The van der Waals surface area contributed by atoms with Gasteiger partial charge in [-0.3, -0.25) is 4.99 Å². The first-order chi connectivity index (χ1) is 4.81. The van der Waals surface area contributed by atoms with Gasteiger partial charge in [-0.25, -0.2) is 0 Å². The highest BCUT2D eigenvalue weighted by molar-refractivity contribution is 8.13. The molecule has 0 atom stereocenters. The number of thioether (sulfide) groups is 1. The number of hydrogen-bond acceptors (Lipinski definition) is 3. The van der Waals surface area contributed by atoms with Crippen molar-refractivity contribution >= 4 is 16.9 Å². The van der Waals surface area contributed by atoms with Crippen molar-refractivity contribution in [2.45, 2.75) is 6.92 Å². The van der Waals surface area contributed by atoms with Crippen LogP contribution in [0.2, 0.25) is 0 Å². The van der Waals surface area contributed by atoms with E-state index in [1.165, 1.54) is 11.8 Å². The molecule has 0 heterocycles. The summed E-state index contributed by atoms with van der Waals surface area (Å²) in [5.41, 5.74) is 5.48. The fourth-order valence-corrected chi connectivity index (χ4v) is 1.11. The van der Waals surface area contributed by atoms with E-state index in [0.717, 1.165) is 18.9 Å². The van der Waals surface area contributed by atoms with Crippen LogP contribution in [0.3, 0.4) is 0 Å². The molecular formula is C6H14N2OS. The first-order valence-electron chi connectivity index (χ1n) is 3.23. The largest absolute Gasteiger partial charge is 0.384 e. The van der Waals surface area contributed by atoms with E-state index < -0.39 is 0 Å². The van der Waals surface area contributed by atoms with Crippen molar-refractivity contribution in [3.63, 3.8) is 0 Å². The van der Waals surface area contributed by atoms with Crippen molar-refractivity contribution in [3.05, 3.63) is 0 Å². The summed E-state index contributed by atoms with van der Waals surface area (Å²) in [4.78, 5) is 4.00. The van der Waals surface area contributed by atoms with Gasteiger partial charge in [0.25, 0.3) is 0 Å². The molecule has 2 N–H and O–H groups in total. The fraction of sp³-hybridized carbons (Fsp3) is 0.833. The Morgan fingerprint density at radius 2 is 2.40 bits per heavy atom. The van der Waals surface area contributed by atoms with Gasteiger partial charge in [0.1, 0.15) is 0 Å². The predicted molar refractivity (Wildman–Crippen MR) is 46.5 cm³/mol. The van der Waals surface area contributed by atoms with Crippen molar-refractivity contribution in [2.24, 2.45) is 10.7 Å². The number of rotatable bonds is 4. The molecule has 0 rings (SSSR count). The molecular weight excluding hydrogens is 148 g/mol. The van der Waals surface area contributed by atoms with Crippen LogP contribution in [0.1, 0.15) is 6.92 Å². The van der Waals surface area contributed by atoms with E-state index in [2.05, 4.69) is 4.99 Å². The zero-order chi connectivity index (χ0) is 7.82. The Kier molecular flexibility index (Phi) is 6.74. The molecule has 0 aromatic heterocycles. The van der Waals surface area contributed by atoms with Gasteiger partial charge in [-0.15, -0.1) is 0 Å². The highest BCUT2D eigenvalue weighted by Crippen LogP contribution is 1.98. The molecule has 4 heteroatoms. The predicted octanol–water partition coefficient (Wildman–Crippen LogP) is 0.701. The van der Waals surface area contributed by atoms with Gasteiger partial charge in [-0.1, -0.05) is 11.8 Å². The average molecular weight is 162 g/mol. The van der Waals surface area contributed by atoms with Crippen LogP contribution >= 0.6 is 11.8 Å². The molecule has 0 bridgehead atoms. The second-order valence-electron chi connectivity index (χ2n) is 1.65. The number of nitrogens with zero attached hydrogens (tertiary/aromatic N) is 1. The van der Waals surface area contributed by atoms with E-state index in [4.69, 9.17) is 10.5 Å². The van der Waals surface area contributed by atoms with Crippen molar-refractivity contribution in [3.8, 4) is 0 Å². The third-order valence-electron chi connectivity index (χ3n) is 0.851. The molecule has 0 aliphatic heterocycles. The third-order valence-corrected chi connectivity index (χ3v) is 1.65. The summed E-state index contributed by atoms with van der Waals surface area (Å²) in [6.45, 7) is 3.44. The lowest BCUT2D eigenvalue weighted by atomic mass is 10.8. The molecule has 0 aliphatic rings. The summed E-state index contributed by atoms with van der Waals surface area (Å²) in [5.74, 6) is 0.881. The third kappa shape index (κ3) is 5.91. The van der Waals surface area contributed by atoms with E-state index >= 15 is 0 Å². The number of aliphatic imine (C=N–C) groups is 1. The molecule has 3 nitrogen and oxygen atoms in total. The van der Waals surface area contributed by atoms with E-state index in [0.29, 0.717) is 5.17 Å². The Balaban J connectivity index is 3.21. The van der Waals surface area contributed by atoms with Gasteiger partial charge in [-0.2, -0.15) is 0 Å². The lowest BCUT2D eigenvalue weighted by Gasteiger charge is -1.97. The molecule has 0 amide bonds. The number of ether oxygens (including phenoxy) is 1. The fourth-order valence-electron chi connectivity index (χ4n) is 0.431. The molecule has 0 aromatic rings. The lowest BCUT2D eigenvalue weighted by Crippen LogP contribution is -2.09. The minimum atomic E-state index is 0.652. The molecule has 0 spiro atoms. The zero-order valence-corrected chi connectivity index (χ0v) is 7.28. The van der Waals surface area contributed by atoms with Crippen LogP contribution in [0.5, 0.6) is 0 Å². The van der Waals surface area contributed by atoms with E-state index in [9.17, 15) is 0 Å². The van der Waals surface area contributed by atoms with Crippen molar-refractivity contribution in [1.29, 1.82) is 0 Å². The molecule has 0 aromatic carbocycles. The summed E-state index contributed by atoms with van der Waals surface area (Å²) in [7, 11) is 1.67. The van der Waals surface area contributed by atoms with Crippen molar-refractivity contribution in [2.75, 3.05) is 26.0 Å². The van der Waals surface area contributed by atoms with Crippen LogP contribution in [0.25, 0.3) is 0 Å². The lowest BCUT2D eigenvalue weighted by molar-refractivity contribution is 0.219. The SMILES string of the molecule is CCN=C(N)SCCOC. The Labute approximate surface area is 66.0 Å². The number of nitrogens with two attached hydrogens (primary N) is 1. The normalized spacial score (nSPS) is 12.0. The van der Waals surface area contributed by atoms with Gasteiger partial charge in [0, 0.05) is 19.4 Å². The van der Waals surface area contributed by atoms with Gasteiger partial charge in [0.05, 0.1) is 6.61 Å². The standard InChI is InChI=1S/C6H14N2OS/c1-3-8-6(7)10-5-4-9-2/h3-5H2,1-2H3,(H2,7,8). The highest BCUT2D eigenvalue weighted by atomic mass is 32.2. The molecule has 0 aliphatic carbocycles. The Hall–Kier alpha value is -0.220. The van der Waals surface area contributed by atoms with Gasteiger partial charge in [0.2, 0.25) is 0 Å². The van der Waals surface area contributed by atoms with Crippen LogP contribution in [0.4, 0.5) is 0 Å². The quantitative estimate of drug-likeness (QED) is 0.376. The molecule has 0 saturated carbocycles. The molecule has 0 radical (unpaired) electrons. The first kappa shape index (κ1) is 9.78. The summed E-state index contributed by atoms with van der Waals surface area (Å²) >= 11 is 1.53. The van der Waals surface area contributed by atoms with Crippen LogP contribution in [0.15, 0.2) is 4.99 Å². The first-order valence-corrected chi connectivity index (χ1v) is 4.21. The number of amidine groups is 1. The summed E-state index contributed by atoms with van der Waals surface area (Å²) < 4.78 is 4.84. The van der Waals surface area contributed by atoms with E-state index in [-0.39, 0.29) is 0 Å². The Bertz CT molecular complexity index is 106. The van der Waals surface area contributed by atoms with Crippen LogP contribution < -0.4 is 5.73 Å². The molecule has 60 valence electrons. The van der Waals surface area contributed by atoms with Crippen LogP contribution in [-0.4, -0.2) is 31.2 Å². The second-order valence-corrected chi connectivity index (χ2v) is 2.77. The number of methoxy groups -OCH3 is 1. The van der Waals surface area contributed by atoms with Crippen molar-refractivity contribution < 1.29 is 4.74 Å². The zero-order valence-electron chi connectivity index (χ0n) is 6.46. The van der Waals surface area contributed by atoms with Gasteiger partial charge >= 0.3 is 0 Å². The minimum absolute atomic E-state index is 0.652. The maximum absolute atomic E-state index is 5.48. The summed E-state index contributed by atoms with van der Waals surface area (Å²) in [6.07, 6.45) is 0. The van der Waals surface area contributed by atoms with Crippen molar-refractivity contribution in [1.82, 2.24) is 0 Å². The van der Waals surface area contributed by atoms with E-state index in [1.54, 1.807) is 7.11 Å².